The van der Waals surface area contributed by atoms with Gasteiger partial charge in [0.05, 0.1) is 12.8 Å². The van der Waals surface area contributed by atoms with Crippen LogP contribution in [0.4, 0.5) is 23.5 Å². The van der Waals surface area contributed by atoms with Gasteiger partial charge in [-0.2, -0.15) is 18.2 Å². The number of imidazole rings is 1. The van der Waals surface area contributed by atoms with Crippen LogP contribution in [0.15, 0.2) is 11.0 Å². The summed E-state index contributed by atoms with van der Waals surface area (Å²) in [6.45, 7) is -1.04. The largest absolute Gasteiger partial charge is 0.394 e. The Hall–Kier alpha value is -2.25. The quantitative estimate of drug-likeness (QED) is 0.613. The molecule has 0 amide bonds. The van der Waals surface area contributed by atoms with Crippen LogP contribution in [0.1, 0.15) is 19.1 Å². The molecule has 0 aromatic carbocycles. The summed E-state index contributed by atoms with van der Waals surface area (Å²) in [6.07, 6.45) is -11.4. The minimum absolute atomic E-state index is 0.0648. The van der Waals surface area contributed by atoms with Gasteiger partial charge in [-0.15, -0.1) is 0 Å². The van der Waals surface area contributed by atoms with E-state index in [2.05, 4.69) is 9.97 Å². The number of fused-ring (bicyclic) bond motifs is 1. The molecule has 3 heterocycles. The number of aromatic nitrogens is 4. The van der Waals surface area contributed by atoms with Crippen LogP contribution in [0.5, 0.6) is 0 Å². The molecule has 0 radical (unpaired) electrons. The summed E-state index contributed by atoms with van der Waals surface area (Å²) in [5.41, 5.74) is 4.60. The summed E-state index contributed by atoms with van der Waals surface area (Å²) in [5, 5.41) is 19.2. The first-order chi connectivity index (χ1) is 12.6. The van der Waals surface area contributed by atoms with Crippen LogP contribution in [-0.4, -0.2) is 60.5 Å². The van der Waals surface area contributed by atoms with Crippen molar-refractivity contribution in [3.05, 3.63) is 16.7 Å². The smallest absolute Gasteiger partial charge is 0.389 e. The number of aliphatic hydroxyl groups excluding tert-OH is 2. The zero-order chi connectivity index (χ0) is 19.9. The monoisotopic (exact) mass is 395 g/mol. The summed E-state index contributed by atoms with van der Waals surface area (Å²) in [5.74, 6) is -0.230. The van der Waals surface area contributed by atoms with Gasteiger partial charge in [0.2, 0.25) is 5.95 Å². The van der Waals surface area contributed by atoms with Gasteiger partial charge in [-0.25, -0.2) is 18.7 Å². The lowest BCUT2D eigenvalue weighted by Crippen LogP contribution is -2.34. The van der Waals surface area contributed by atoms with Crippen molar-refractivity contribution < 1.29 is 32.5 Å². The van der Waals surface area contributed by atoms with Crippen molar-refractivity contribution in [2.24, 2.45) is 0 Å². The molecule has 0 saturated carbocycles. The van der Waals surface area contributed by atoms with Crippen LogP contribution < -0.4 is 11.4 Å². The predicted octanol–water partition coefficient (Wildman–Crippen LogP) is 0.106. The van der Waals surface area contributed by atoms with E-state index in [1.807, 2.05) is 0 Å². The Morgan fingerprint density at radius 2 is 2.07 bits per heavy atom. The first-order valence-electron chi connectivity index (χ1n) is 8.02. The number of aryl methyl sites for hydroxylation is 1. The second-order valence-corrected chi connectivity index (χ2v) is 6.14. The van der Waals surface area contributed by atoms with Crippen molar-refractivity contribution in [3.63, 3.8) is 0 Å². The van der Waals surface area contributed by atoms with Gasteiger partial charge in [0.1, 0.15) is 17.7 Å². The van der Waals surface area contributed by atoms with Gasteiger partial charge in [0.25, 0.3) is 0 Å². The maximum atomic E-state index is 14.0. The fourth-order valence-corrected chi connectivity index (χ4v) is 3.02. The first kappa shape index (κ1) is 19.5. The summed E-state index contributed by atoms with van der Waals surface area (Å²) >= 11 is 0. The minimum atomic E-state index is -4.39. The van der Waals surface area contributed by atoms with Crippen LogP contribution in [0.25, 0.3) is 11.2 Å². The maximum Gasteiger partial charge on any atom is 0.389 e. The molecule has 4 atom stereocenters. The standard InChI is InChI=1S/C14H17F4N5O4/c15-8-7(5-24)27-11(9(8)25)23-10-6(4-20-12(19)21-10)22(13(23)26)3-1-2-14(16,17)18/h4,7-9,11,24-25H,1-3,5H2,(H2,19,20,21)/t7-,8-,9-,11-/m1/s1. The zero-order valence-corrected chi connectivity index (χ0v) is 13.8. The predicted molar refractivity (Wildman–Crippen MR) is 83.4 cm³/mol. The number of halogens is 4. The third-order valence-electron chi connectivity index (χ3n) is 4.29. The highest BCUT2D eigenvalue weighted by Gasteiger charge is 2.46. The highest BCUT2D eigenvalue weighted by molar-refractivity contribution is 5.71. The summed E-state index contributed by atoms with van der Waals surface area (Å²) < 4.78 is 58.2. The first-order valence-corrected chi connectivity index (χ1v) is 8.02. The highest BCUT2D eigenvalue weighted by Crippen LogP contribution is 2.32. The van der Waals surface area contributed by atoms with E-state index in [0.717, 1.165) is 15.3 Å². The zero-order valence-electron chi connectivity index (χ0n) is 13.8. The third kappa shape index (κ3) is 3.61. The number of nitrogens with zero attached hydrogens (tertiary/aromatic N) is 4. The molecule has 2 aromatic heterocycles. The molecule has 13 heteroatoms. The number of hydrogen-bond acceptors (Lipinski definition) is 7. The molecule has 0 aliphatic carbocycles. The van der Waals surface area contributed by atoms with E-state index in [9.17, 15) is 27.5 Å². The van der Waals surface area contributed by atoms with Crippen molar-refractivity contribution in [2.45, 2.75) is 50.2 Å². The van der Waals surface area contributed by atoms with Gasteiger partial charge >= 0.3 is 11.9 Å². The molecule has 1 aliphatic rings. The Kier molecular flexibility index (Phi) is 5.10. The van der Waals surface area contributed by atoms with Gasteiger partial charge in [-0.05, 0) is 6.42 Å². The Labute approximate surface area is 149 Å². The summed E-state index contributed by atoms with van der Waals surface area (Å²) in [4.78, 5) is 20.4. The van der Waals surface area contributed by atoms with E-state index >= 15 is 0 Å². The molecule has 1 saturated heterocycles. The molecule has 0 unspecified atom stereocenters. The van der Waals surface area contributed by atoms with Crippen LogP contribution >= 0.6 is 0 Å². The number of anilines is 1. The van der Waals surface area contributed by atoms with E-state index in [1.165, 1.54) is 0 Å². The van der Waals surface area contributed by atoms with Gasteiger partial charge in [0.15, 0.2) is 18.0 Å². The number of alkyl halides is 4. The number of nitrogens with two attached hydrogens (primary N) is 1. The fraction of sp³-hybridized carbons (Fsp3) is 0.643. The van der Waals surface area contributed by atoms with Crippen LogP contribution in [0, 0.1) is 0 Å². The second kappa shape index (κ2) is 7.05. The van der Waals surface area contributed by atoms with Crippen molar-refractivity contribution in [2.75, 3.05) is 12.3 Å². The van der Waals surface area contributed by atoms with Gasteiger partial charge in [-0.3, -0.25) is 4.57 Å². The molecular formula is C14H17F4N5O4. The van der Waals surface area contributed by atoms with Crippen LogP contribution in [0.2, 0.25) is 0 Å². The van der Waals surface area contributed by atoms with E-state index in [4.69, 9.17) is 15.6 Å². The number of ether oxygens (including phenoxy) is 1. The molecule has 0 spiro atoms. The Balaban J connectivity index is 2.04. The normalized spacial score (nSPS) is 26.1. The van der Waals surface area contributed by atoms with Gasteiger partial charge in [-0.1, -0.05) is 0 Å². The average Bonchev–Trinajstić information content (AvgIpc) is 3.01. The Bertz CT molecular complexity index is 883. The van der Waals surface area contributed by atoms with Crippen LogP contribution in [-0.2, 0) is 11.3 Å². The molecule has 0 bridgehead atoms. The lowest BCUT2D eigenvalue weighted by atomic mass is 10.1. The molecule has 9 nitrogen and oxygen atoms in total. The highest BCUT2D eigenvalue weighted by atomic mass is 19.4. The minimum Gasteiger partial charge on any atom is -0.394 e. The van der Waals surface area contributed by atoms with E-state index < -0.39 is 49.5 Å². The van der Waals surface area contributed by atoms with Gasteiger partial charge in [0, 0.05) is 13.0 Å². The SMILES string of the molecule is Nc1ncc2c(n1)n([C@@H]1O[C@H](CO)[C@@H](F)[C@H]1O)c(=O)n2CCCC(F)(F)F. The van der Waals surface area contributed by atoms with Crippen molar-refractivity contribution in [1.29, 1.82) is 0 Å². The number of hydrogen-bond donors (Lipinski definition) is 3. The molecular weight excluding hydrogens is 378 g/mol. The van der Waals surface area contributed by atoms with Crippen molar-refractivity contribution >= 4 is 17.1 Å². The molecule has 1 aliphatic heterocycles. The third-order valence-corrected chi connectivity index (χ3v) is 4.29. The lowest BCUT2D eigenvalue weighted by Gasteiger charge is -2.15. The van der Waals surface area contributed by atoms with E-state index in [1.54, 1.807) is 0 Å². The van der Waals surface area contributed by atoms with Gasteiger partial charge < -0.3 is 20.7 Å². The van der Waals surface area contributed by atoms with Crippen molar-refractivity contribution in [1.82, 2.24) is 19.1 Å². The van der Waals surface area contributed by atoms with Crippen LogP contribution in [0.3, 0.4) is 0 Å². The number of nitrogen functional groups attached to an aromatic ring is 1. The lowest BCUT2D eigenvalue weighted by molar-refractivity contribution is -0.135. The summed E-state index contributed by atoms with van der Waals surface area (Å²) in [7, 11) is 0. The molecule has 2 aromatic rings. The van der Waals surface area contributed by atoms with E-state index in [-0.39, 0.29) is 30.1 Å². The fourth-order valence-electron chi connectivity index (χ4n) is 3.02. The molecule has 3 rings (SSSR count). The molecule has 150 valence electrons. The average molecular weight is 395 g/mol. The number of aliphatic hydroxyl groups is 2. The topological polar surface area (TPSA) is 128 Å². The Morgan fingerprint density at radius 3 is 2.67 bits per heavy atom. The Morgan fingerprint density at radius 1 is 1.37 bits per heavy atom. The second-order valence-electron chi connectivity index (χ2n) is 6.14. The maximum absolute atomic E-state index is 14.0. The molecule has 1 fully saturated rings. The van der Waals surface area contributed by atoms with Crippen molar-refractivity contribution in [3.8, 4) is 0 Å². The molecule has 4 N–H and O–H groups in total. The number of rotatable bonds is 5. The molecule has 27 heavy (non-hydrogen) atoms. The summed E-state index contributed by atoms with van der Waals surface area (Å²) in [6, 6.07) is 0. The van der Waals surface area contributed by atoms with E-state index in [0.29, 0.717) is 0 Å².